The van der Waals surface area contributed by atoms with E-state index in [0.717, 1.165) is 72.8 Å². The summed E-state index contributed by atoms with van der Waals surface area (Å²) in [6.07, 6.45) is 3.04. The lowest BCUT2D eigenvalue weighted by molar-refractivity contribution is 0.0109. The Morgan fingerprint density at radius 3 is 2.43 bits per heavy atom. The van der Waals surface area contributed by atoms with Crippen LogP contribution in [0.1, 0.15) is 61.6 Å². The number of anilines is 1. The van der Waals surface area contributed by atoms with E-state index < -0.39 is 5.60 Å². The highest BCUT2D eigenvalue weighted by Crippen LogP contribution is 2.41. The van der Waals surface area contributed by atoms with Gasteiger partial charge in [-0.15, -0.1) is 11.3 Å². The predicted octanol–water partition coefficient (Wildman–Crippen LogP) is 7.29. The number of carbonyl (C=O) groups excluding carboxylic acids is 2. The molecule has 0 unspecified atom stereocenters. The molecule has 1 spiro atoms. The minimum absolute atomic E-state index is 0.134. The van der Waals surface area contributed by atoms with Crippen LogP contribution in [0.3, 0.4) is 0 Å². The second-order valence-electron chi connectivity index (χ2n) is 13.2. The third-order valence-corrected chi connectivity index (χ3v) is 9.73. The van der Waals surface area contributed by atoms with Gasteiger partial charge in [-0.25, -0.2) is 4.79 Å². The highest BCUT2D eigenvalue weighted by Gasteiger charge is 2.41. The summed E-state index contributed by atoms with van der Waals surface area (Å²) < 4.78 is 14.8. The van der Waals surface area contributed by atoms with Gasteiger partial charge in [-0.3, -0.25) is 9.69 Å². The molecule has 0 atom stereocenters. The van der Waals surface area contributed by atoms with Gasteiger partial charge in [-0.05, 0) is 93.3 Å². The molecule has 2 amide bonds. The third-order valence-electron chi connectivity index (χ3n) is 8.88. The Balaban J connectivity index is 0.994. The molecule has 2 saturated heterocycles. The summed E-state index contributed by atoms with van der Waals surface area (Å²) in [6.45, 7) is 10.7. The summed E-state index contributed by atoms with van der Waals surface area (Å²) in [4.78, 5) is 30.0. The van der Waals surface area contributed by atoms with Crippen molar-refractivity contribution in [1.82, 2.24) is 14.4 Å². The summed E-state index contributed by atoms with van der Waals surface area (Å²) in [5.74, 6) is 0.662. The van der Waals surface area contributed by atoms with Crippen molar-refractivity contribution in [2.24, 2.45) is 12.5 Å². The zero-order valence-electron chi connectivity index (χ0n) is 26.1. The van der Waals surface area contributed by atoms with Crippen LogP contribution >= 0.6 is 11.3 Å². The molecule has 0 saturated carbocycles. The Morgan fingerprint density at radius 1 is 0.977 bits per heavy atom. The number of piperidine rings is 1. The first-order valence-electron chi connectivity index (χ1n) is 15.4. The van der Waals surface area contributed by atoms with E-state index in [0.29, 0.717) is 17.7 Å². The number of hydrogen-bond acceptors (Lipinski definition) is 6. The Morgan fingerprint density at radius 2 is 1.70 bits per heavy atom. The fraction of sp³-hybridized carbons (Fsp3) is 0.429. The minimum atomic E-state index is -0.459. The zero-order valence-corrected chi connectivity index (χ0v) is 26.9. The van der Waals surface area contributed by atoms with E-state index in [2.05, 4.69) is 22.3 Å². The van der Waals surface area contributed by atoms with Gasteiger partial charge in [-0.1, -0.05) is 30.3 Å². The van der Waals surface area contributed by atoms with E-state index in [1.807, 2.05) is 91.2 Å². The van der Waals surface area contributed by atoms with Crippen molar-refractivity contribution in [3.05, 3.63) is 82.9 Å². The van der Waals surface area contributed by atoms with E-state index in [1.54, 1.807) is 11.3 Å². The van der Waals surface area contributed by atoms with Crippen LogP contribution in [-0.4, -0.2) is 58.1 Å². The first kappa shape index (κ1) is 30.2. The molecular weight excluding hydrogens is 572 g/mol. The van der Waals surface area contributed by atoms with Crippen LogP contribution in [0.2, 0.25) is 0 Å². The molecule has 44 heavy (non-hydrogen) atoms. The molecule has 0 radical (unpaired) electrons. The highest BCUT2D eigenvalue weighted by atomic mass is 32.1. The third kappa shape index (κ3) is 6.79. The Kier molecular flexibility index (Phi) is 8.44. The van der Waals surface area contributed by atoms with E-state index >= 15 is 0 Å². The molecule has 1 N–H and O–H groups in total. The van der Waals surface area contributed by atoms with Crippen molar-refractivity contribution in [3.63, 3.8) is 0 Å². The fourth-order valence-corrected chi connectivity index (χ4v) is 7.24. The monoisotopic (exact) mass is 614 g/mol. The number of carbonyl (C=O) groups is 2. The second-order valence-corrected chi connectivity index (χ2v) is 14.2. The van der Waals surface area contributed by atoms with Crippen LogP contribution in [0.15, 0.2) is 66.0 Å². The quantitative estimate of drug-likeness (QED) is 0.237. The van der Waals surface area contributed by atoms with Crippen LogP contribution in [-0.2, 0) is 24.9 Å². The van der Waals surface area contributed by atoms with Gasteiger partial charge in [0.1, 0.15) is 23.7 Å². The molecule has 4 heterocycles. The summed E-state index contributed by atoms with van der Waals surface area (Å²) in [7, 11) is 1.92. The Bertz CT molecular complexity index is 1630. The van der Waals surface area contributed by atoms with Crippen molar-refractivity contribution in [1.29, 1.82) is 0 Å². The molecule has 4 aromatic rings. The molecule has 2 aromatic heterocycles. The van der Waals surface area contributed by atoms with Gasteiger partial charge < -0.3 is 24.3 Å². The zero-order chi connectivity index (χ0) is 30.9. The minimum Gasteiger partial charge on any atom is -0.489 e. The van der Waals surface area contributed by atoms with Crippen molar-refractivity contribution in [2.75, 3.05) is 31.5 Å². The lowest BCUT2D eigenvalue weighted by atomic mass is 9.78. The van der Waals surface area contributed by atoms with Crippen LogP contribution in [0.25, 0.3) is 10.2 Å². The van der Waals surface area contributed by atoms with Gasteiger partial charge in [0.2, 0.25) is 0 Å². The molecule has 9 heteroatoms. The molecular formula is C35H42N4O4S. The van der Waals surface area contributed by atoms with Crippen LogP contribution in [0, 0.1) is 5.41 Å². The molecule has 232 valence electrons. The van der Waals surface area contributed by atoms with Gasteiger partial charge in [-0.2, -0.15) is 0 Å². The Hall–Kier alpha value is -3.82. The molecule has 8 nitrogen and oxygen atoms in total. The number of rotatable bonds is 7. The molecule has 0 bridgehead atoms. The van der Waals surface area contributed by atoms with Gasteiger partial charge in [0.15, 0.2) is 0 Å². The van der Waals surface area contributed by atoms with Gasteiger partial charge >= 0.3 is 6.09 Å². The number of nitrogens with zero attached hydrogens (tertiary/aromatic N) is 3. The largest absolute Gasteiger partial charge is 0.489 e. The van der Waals surface area contributed by atoms with E-state index in [1.165, 1.54) is 12.0 Å². The lowest BCUT2D eigenvalue weighted by Gasteiger charge is -2.39. The average Bonchev–Trinajstić information content (AvgIpc) is 3.69. The van der Waals surface area contributed by atoms with Crippen LogP contribution < -0.4 is 10.1 Å². The predicted molar refractivity (Wildman–Crippen MR) is 175 cm³/mol. The van der Waals surface area contributed by atoms with E-state index in [-0.39, 0.29) is 12.0 Å². The number of aromatic nitrogens is 1. The first-order valence-corrected chi connectivity index (χ1v) is 16.3. The maximum Gasteiger partial charge on any atom is 0.410 e. The fourth-order valence-electron chi connectivity index (χ4n) is 6.39. The number of likely N-dealkylation sites (tertiary alicyclic amines) is 2. The first-order chi connectivity index (χ1) is 21.1. The maximum absolute atomic E-state index is 13.1. The van der Waals surface area contributed by atoms with Crippen LogP contribution in [0.4, 0.5) is 10.5 Å². The number of ether oxygens (including phenoxy) is 2. The SMILES string of the molecule is Cn1c(C(=O)Nc2ccccc2COc2ccc(CN3CCC4(CCN(C(=O)OC(C)(C)C)CC4)C3)cc2)cc2sccc21. The summed E-state index contributed by atoms with van der Waals surface area (Å²) >= 11 is 1.63. The van der Waals surface area contributed by atoms with Crippen molar-refractivity contribution < 1.29 is 19.1 Å². The number of aryl methyl sites for hydroxylation is 1. The van der Waals surface area contributed by atoms with E-state index in [9.17, 15) is 9.59 Å². The number of hydrogen-bond donors (Lipinski definition) is 1. The average molecular weight is 615 g/mol. The summed E-state index contributed by atoms with van der Waals surface area (Å²) in [5, 5.41) is 5.11. The van der Waals surface area contributed by atoms with E-state index in [4.69, 9.17) is 9.47 Å². The highest BCUT2D eigenvalue weighted by molar-refractivity contribution is 7.17. The maximum atomic E-state index is 13.1. The topological polar surface area (TPSA) is 76.0 Å². The number of fused-ring (bicyclic) bond motifs is 1. The molecule has 6 rings (SSSR count). The van der Waals surface area contributed by atoms with Gasteiger partial charge in [0.25, 0.3) is 5.91 Å². The smallest absolute Gasteiger partial charge is 0.410 e. The number of thiophene rings is 1. The summed E-state index contributed by atoms with van der Waals surface area (Å²) in [6, 6.07) is 20.1. The second kappa shape index (κ2) is 12.3. The number of amides is 2. The molecule has 2 aromatic carbocycles. The molecule has 0 aliphatic carbocycles. The Labute approximate surface area is 263 Å². The number of para-hydroxylation sites is 1. The normalized spacial score (nSPS) is 16.9. The number of benzene rings is 2. The lowest BCUT2D eigenvalue weighted by Crippen LogP contribution is -2.46. The van der Waals surface area contributed by atoms with Crippen molar-refractivity contribution >= 4 is 39.2 Å². The number of nitrogens with one attached hydrogen (secondary N) is 1. The standard InChI is InChI=1S/C35H42N4O4S/c1-34(2,3)43-33(41)39-18-15-35(16-19-39)14-17-38(24-35)22-25-9-11-27(12-10-25)42-23-26-7-5-6-8-28(26)36-32(40)30-21-31-29(37(30)4)13-20-44-31/h5-13,20-21H,14-19,22-24H2,1-4H3,(H,36,40). The van der Waals surface area contributed by atoms with Gasteiger partial charge in [0.05, 0.1) is 10.2 Å². The molecule has 2 fully saturated rings. The molecule has 2 aliphatic rings. The van der Waals surface area contributed by atoms with Gasteiger partial charge in [0, 0.05) is 44.5 Å². The summed E-state index contributed by atoms with van der Waals surface area (Å²) in [5.41, 5.74) is 4.45. The van der Waals surface area contributed by atoms with Crippen LogP contribution in [0.5, 0.6) is 5.75 Å². The van der Waals surface area contributed by atoms with Crippen molar-refractivity contribution in [2.45, 2.75) is 58.8 Å². The van der Waals surface area contributed by atoms with Crippen molar-refractivity contribution in [3.8, 4) is 5.75 Å². The molecule has 2 aliphatic heterocycles.